The van der Waals surface area contributed by atoms with Gasteiger partial charge in [0.25, 0.3) is 0 Å². The van der Waals surface area contributed by atoms with Gasteiger partial charge in [0.15, 0.2) is 0 Å². The highest BCUT2D eigenvalue weighted by Gasteiger charge is 2.68. The predicted octanol–water partition coefficient (Wildman–Crippen LogP) is 3.30. The summed E-state index contributed by atoms with van der Waals surface area (Å²) < 4.78 is 0. The Morgan fingerprint density at radius 1 is 0.867 bits per heavy atom. The zero-order chi connectivity index (χ0) is 21.1. The molecule has 2 aliphatic carbocycles. The smallest absolute Gasteiger partial charge is 0.245 e. The van der Waals surface area contributed by atoms with Gasteiger partial charge in [-0.25, -0.2) is 0 Å². The van der Waals surface area contributed by atoms with Crippen molar-refractivity contribution in [3.8, 4) is 0 Å². The minimum absolute atomic E-state index is 0.0191. The molecule has 0 amide bonds. The molecule has 4 rings (SSSR count). The van der Waals surface area contributed by atoms with Gasteiger partial charge in [0.05, 0.1) is 5.54 Å². The molecule has 0 aromatic carbocycles. The summed E-state index contributed by atoms with van der Waals surface area (Å²) in [6.45, 7) is 11.2. The van der Waals surface area contributed by atoms with Crippen LogP contribution < -0.4 is 10.3 Å². The van der Waals surface area contributed by atoms with Crippen LogP contribution in [0.3, 0.4) is 0 Å². The van der Waals surface area contributed by atoms with E-state index in [9.17, 15) is 0 Å². The average molecular weight is 417 g/mol. The number of hydrogen-bond donors (Lipinski definition) is 1. The van der Waals surface area contributed by atoms with Gasteiger partial charge in [-0.15, -0.1) is 9.89 Å². The largest absolute Gasteiger partial charge is 0.309 e. The first-order valence-electron chi connectivity index (χ1n) is 12.6. The van der Waals surface area contributed by atoms with Gasteiger partial charge in [0.2, 0.25) is 6.33 Å². The molecular formula is C23H42N7. The van der Waals surface area contributed by atoms with Gasteiger partial charge in [0, 0.05) is 17.6 Å². The van der Waals surface area contributed by atoms with Crippen LogP contribution in [-0.2, 0) is 0 Å². The van der Waals surface area contributed by atoms with Crippen LogP contribution in [0.25, 0.3) is 0 Å². The lowest BCUT2D eigenvalue weighted by atomic mass is 9.54. The minimum Gasteiger partial charge on any atom is -0.309 e. The molecule has 2 saturated carbocycles. The fraction of sp³-hybridized carbons (Fsp3) is 0.957. The van der Waals surface area contributed by atoms with E-state index in [1.807, 2.05) is 4.79 Å². The molecule has 1 aliphatic heterocycles. The van der Waals surface area contributed by atoms with E-state index in [-0.39, 0.29) is 16.6 Å². The molecular weight excluding hydrogens is 374 g/mol. The quantitative estimate of drug-likeness (QED) is 0.702. The molecule has 1 unspecified atom stereocenters. The van der Waals surface area contributed by atoms with Crippen LogP contribution in [0, 0.1) is 6.33 Å². The van der Waals surface area contributed by atoms with Gasteiger partial charge >= 0.3 is 0 Å². The zero-order valence-corrected chi connectivity index (χ0v) is 19.5. The standard InChI is InChI=1S/C23H42N7/c1-4-24-21(14-9-7-10-15-21)23(18-13-19-29(23)30-20-25-26-27-30)22(28(5-2)6-3)16-11-8-12-17-22/h24H,4-19H2,1-3H3. The normalized spacial score (nSPS) is 28.9. The summed E-state index contributed by atoms with van der Waals surface area (Å²) in [6, 6.07) is 0. The second kappa shape index (κ2) is 9.11. The van der Waals surface area contributed by atoms with Crippen LogP contribution in [0.5, 0.6) is 0 Å². The van der Waals surface area contributed by atoms with Crippen LogP contribution in [0.2, 0.25) is 0 Å². The molecule has 3 aliphatic rings. The SMILES string of the molecule is CCNC1(C2(C3(N(CC)CC)CCCCC3)CCCN2n2[c]nnn2)CCCCC1. The maximum Gasteiger partial charge on any atom is 0.245 e. The van der Waals surface area contributed by atoms with Crippen molar-refractivity contribution in [2.75, 3.05) is 31.2 Å². The monoisotopic (exact) mass is 416 g/mol. The summed E-state index contributed by atoms with van der Waals surface area (Å²) in [7, 11) is 0. The molecule has 169 valence electrons. The zero-order valence-electron chi connectivity index (χ0n) is 19.5. The van der Waals surface area contributed by atoms with Gasteiger partial charge in [-0.1, -0.05) is 59.3 Å². The Morgan fingerprint density at radius 3 is 2.10 bits per heavy atom. The second-order valence-corrected chi connectivity index (χ2v) is 9.69. The molecule has 1 aromatic rings. The van der Waals surface area contributed by atoms with Crippen molar-refractivity contribution in [2.45, 2.75) is 114 Å². The van der Waals surface area contributed by atoms with Crippen molar-refractivity contribution in [3.63, 3.8) is 0 Å². The molecule has 7 heteroatoms. The van der Waals surface area contributed by atoms with Gasteiger partial charge in [0.1, 0.15) is 0 Å². The van der Waals surface area contributed by atoms with E-state index in [1.165, 1.54) is 77.0 Å². The molecule has 0 spiro atoms. The third kappa shape index (κ3) is 3.19. The summed E-state index contributed by atoms with van der Waals surface area (Å²) >= 11 is 0. The van der Waals surface area contributed by atoms with Crippen LogP contribution in [0.4, 0.5) is 0 Å². The van der Waals surface area contributed by atoms with E-state index in [0.29, 0.717) is 0 Å². The molecule has 0 bridgehead atoms. The fourth-order valence-electron chi connectivity index (χ4n) is 7.89. The Kier molecular flexibility index (Phi) is 6.68. The minimum atomic E-state index is -0.0191. The molecule has 1 radical (unpaired) electrons. The Bertz CT molecular complexity index is 639. The highest BCUT2D eigenvalue weighted by Crippen LogP contribution is 2.57. The number of tetrazole rings is 1. The van der Waals surface area contributed by atoms with Gasteiger partial charge in [-0.2, -0.15) is 0 Å². The summed E-state index contributed by atoms with van der Waals surface area (Å²) in [5, 5.41) is 19.0. The number of hydrogen-bond acceptors (Lipinski definition) is 6. The topological polar surface area (TPSA) is 62.1 Å². The van der Waals surface area contributed by atoms with Crippen LogP contribution in [-0.4, -0.2) is 68.0 Å². The van der Waals surface area contributed by atoms with E-state index < -0.39 is 0 Å². The first-order chi connectivity index (χ1) is 14.7. The van der Waals surface area contributed by atoms with Crippen molar-refractivity contribution in [1.29, 1.82) is 0 Å². The summed E-state index contributed by atoms with van der Waals surface area (Å²) in [4.78, 5) is 4.70. The van der Waals surface area contributed by atoms with Crippen molar-refractivity contribution in [2.24, 2.45) is 0 Å². The molecule has 7 nitrogen and oxygen atoms in total. The Labute approximate surface area is 182 Å². The van der Waals surface area contributed by atoms with Crippen LogP contribution >= 0.6 is 0 Å². The lowest BCUT2D eigenvalue weighted by Gasteiger charge is -2.67. The first-order valence-corrected chi connectivity index (χ1v) is 12.6. The summed E-state index contributed by atoms with van der Waals surface area (Å²) in [6.07, 6.45) is 18.6. The van der Waals surface area contributed by atoms with Crippen LogP contribution in [0.1, 0.15) is 97.8 Å². The predicted molar refractivity (Wildman–Crippen MR) is 120 cm³/mol. The Balaban J connectivity index is 1.95. The molecule has 1 saturated heterocycles. The van der Waals surface area contributed by atoms with E-state index in [4.69, 9.17) is 0 Å². The first kappa shape index (κ1) is 22.0. The van der Waals surface area contributed by atoms with Crippen molar-refractivity contribution in [1.82, 2.24) is 30.5 Å². The van der Waals surface area contributed by atoms with E-state index >= 15 is 0 Å². The van der Waals surface area contributed by atoms with Gasteiger partial charge in [-0.05, 0) is 68.6 Å². The van der Waals surface area contributed by atoms with E-state index in [0.717, 1.165) is 26.2 Å². The number of aromatic nitrogens is 4. The van der Waals surface area contributed by atoms with Gasteiger partial charge < -0.3 is 5.32 Å². The molecule has 1 atom stereocenters. The van der Waals surface area contributed by atoms with Crippen molar-refractivity contribution >= 4 is 0 Å². The third-order valence-corrected chi connectivity index (χ3v) is 8.71. The molecule has 2 heterocycles. The maximum absolute atomic E-state index is 4.40. The lowest BCUT2D eigenvalue weighted by Crippen LogP contribution is -2.83. The van der Waals surface area contributed by atoms with Gasteiger partial charge in [-0.3, -0.25) is 9.91 Å². The fourth-order valence-corrected chi connectivity index (χ4v) is 7.89. The molecule has 1 aromatic heterocycles. The lowest BCUT2D eigenvalue weighted by molar-refractivity contribution is -0.0745. The number of rotatable bonds is 8. The second-order valence-electron chi connectivity index (χ2n) is 9.69. The highest BCUT2D eigenvalue weighted by molar-refractivity contribution is 5.33. The molecule has 1 N–H and O–H groups in total. The molecule has 3 fully saturated rings. The number of likely N-dealkylation sites (N-methyl/N-ethyl adjacent to an activating group) is 2. The third-order valence-electron chi connectivity index (χ3n) is 8.71. The molecule has 30 heavy (non-hydrogen) atoms. The highest BCUT2D eigenvalue weighted by atomic mass is 15.8. The number of nitrogens with zero attached hydrogens (tertiary/aromatic N) is 6. The summed E-state index contributed by atoms with van der Waals surface area (Å²) in [5.41, 5.74) is 0.218. The number of nitrogens with one attached hydrogen (secondary N) is 1. The van der Waals surface area contributed by atoms with Crippen LogP contribution in [0.15, 0.2) is 0 Å². The maximum atomic E-state index is 4.40. The Hall–Kier alpha value is -1.21. The van der Waals surface area contributed by atoms with Crippen molar-refractivity contribution < 1.29 is 0 Å². The van der Waals surface area contributed by atoms with E-state index in [1.54, 1.807) is 0 Å². The van der Waals surface area contributed by atoms with E-state index in [2.05, 4.69) is 57.8 Å². The Morgan fingerprint density at radius 2 is 1.53 bits per heavy atom. The summed E-state index contributed by atoms with van der Waals surface area (Å²) in [5.74, 6) is 0. The average Bonchev–Trinajstić information content (AvgIpc) is 3.47. The van der Waals surface area contributed by atoms with Crippen molar-refractivity contribution in [3.05, 3.63) is 6.33 Å².